The second-order valence-electron chi connectivity index (χ2n) is 3.82. The molecule has 84 valence electrons. The number of nitrogen functional groups attached to an aromatic ring is 1. The molecule has 2 N–H and O–H groups in total. The number of hydrogen-bond acceptors (Lipinski definition) is 3. The van der Waals surface area contributed by atoms with Crippen LogP contribution < -0.4 is 5.73 Å². The maximum atomic E-state index is 6.05. The Labute approximate surface area is 95.1 Å². The van der Waals surface area contributed by atoms with Gasteiger partial charge in [0, 0.05) is 25.0 Å². The van der Waals surface area contributed by atoms with Crippen LogP contribution in [0.15, 0.2) is 24.5 Å². The molecule has 0 saturated heterocycles. The second kappa shape index (κ2) is 4.35. The van der Waals surface area contributed by atoms with Gasteiger partial charge in [-0.05, 0) is 24.1 Å². The standard InChI is InChI=1S/C12H16N4/c1-3-4-10-11(12(13)16(2)15-10)9-5-7-14-8-6-9/h5-8H,3-4,13H2,1-2H3. The number of anilines is 1. The van der Waals surface area contributed by atoms with Crippen LogP contribution in [0.5, 0.6) is 0 Å². The van der Waals surface area contributed by atoms with Gasteiger partial charge in [-0.1, -0.05) is 13.3 Å². The first-order valence-corrected chi connectivity index (χ1v) is 5.45. The van der Waals surface area contributed by atoms with Gasteiger partial charge >= 0.3 is 0 Å². The Morgan fingerprint density at radius 3 is 2.62 bits per heavy atom. The minimum absolute atomic E-state index is 0.717. The summed E-state index contributed by atoms with van der Waals surface area (Å²) in [6.45, 7) is 2.14. The molecule has 0 aliphatic rings. The van der Waals surface area contributed by atoms with Gasteiger partial charge in [-0.25, -0.2) is 0 Å². The third-order valence-electron chi connectivity index (χ3n) is 2.62. The van der Waals surface area contributed by atoms with Crippen molar-refractivity contribution in [2.24, 2.45) is 7.05 Å². The van der Waals surface area contributed by atoms with Crippen LogP contribution in [-0.4, -0.2) is 14.8 Å². The molecular weight excluding hydrogens is 200 g/mol. The lowest BCUT2D eigenvalue weighted by Gasteiger charge is -2.02. The van der Waals surface area contributed by atoms with E-state index in [4.69, 9.17) is 5.73 Å². The minimum atomic E-state index is 0.717. The van der Waals surface area contributed by atoms with E-state index in [1.54, 1.807) is 17.1 Å². The lowest BCUT2D eigenvalue weighted by atomic mass is 10.0. The van der Waals surface area contributed by atoms with Crippen molar-refractivity contribution in [1.29, 1.82) is 0 Å². The molecular formula is C12H16N4. The zero-order chi connectivity index (χ0) is 11.5. The number of nitrogens with zero attached hydrogens (tertiary/aromatic N) is 3. The van der Waals surface area contributed by atoms with E-state index in [-0.39, 0.29) is 0 Å². The first kappa shape index (κ1) is 10.7. The summed E-state index contributed by atoms with van der Waals surface area (Å²) >= 11 is 0. The predicted molar refractivity (Wildman–Crippen MR) is 64.8 cm³/mol. The van der Waals surface area contributed by atoms with Crippen molar-refractivity contribution in [1.82, 2.24) is 14.8 Å². The predicted octanol–water partition coefficient (Wildman–Crippen LogP) is 2.02. The zero-order valence-corrected chi connectivity index (χ0v) is 9.64. The van der Waals surface area contributed by atoms with Gasteiger partial charge in [0.15, 0.2) is 0 Å². The summed E-state index contributed by atoms with van der Waals surface area (Å²) in [6.07, 6.45) is 5.56. The molecule has 2 rings (SSSR count). The van der Waals surface area contributed by atoms with Crippen molar-refractivity contribution in [3.63, 3.8) is 0 Å². The summed E-state index contributed by atoms with van der Waals surface area (Å²) in [5, 5.41) is 4.45. The van der Waals surface area contributed by atoms with Gasteiger partial charge in [-0.3, -0.25) is 9.67 Å². The summed E-state index contributed by atoms with van der Waals surface area (Å²) in [7, 11) is 1.87. The monoisotopic (exact) mass is 216 g/mol. The second-order valence-corrected chi connectivity index (χ2v) is 3.82. The van der Waals surface area contributed by atoms with E-state index in [9.17, 15) is 0 Å². The van der Waals surface area contributed by atoms with Crippen molar-refractivity contribution < 1.29 is 0 Å². The van der Waals surface area contributed by atoms with E-state index in [1.165, 1.54) is 0 Å². The summed E-state index contributed by atoms with van der Waals surface area (Å²) in [5.74, 6) is 0.717. The van der Waals surface area contributed by atoms with Crippen molar-refractivity contribution in [3.8, 4) is 11.1 Å². The van der Waals surface area contributed by atoms with Crippen molar-refractivity contribution in [2.45, 2.75) is 19.8 Å². The smallest absolute Gasteiger partial charge is 0.129 e. The number of rotatable bonds is 3. The molecule has 2 heterocycles. The highest BCUT2D eigenvalue weighted by Crippen LogP contribution is 2.29. The Morgan fingerprint density at radius 2 is 2.00 bits per heavy atom. The van der Waals surface area contributed by atoms with Gasteiger partial charge in [0.25, 0.3) is 0 Å². The summed E-state index contributed by atoms with van der Waals surface area (Å²) < 4.78 is 1.74. The first-order valence-electron chi connectivity index (χ1n) is 5.45. The topological polar surface area (TPSA) is 56.7 Å². The quantitative estimate of drug-likeness (QED) is 0.854. The van der Waals surface area contributed by atoms with Crippen LogP contribution in [0, 0.1) is 0 Å². The molecule has 0 atom stereocenters. The largest absolute Gasteiger partial charge is 0.383 e. The molecule has 0 aromatic carbocycles. The molecule has 0 radical (unpaired) electrons. The van der Waals surface area contributed by atoms with E-state index in [2.05, 4.69) is 17.0 Å². The van der Waals surface area contributed by atoms with Gasteiger partial charge in [0.2, 0.25) is 0 Å². The number of aromatic nitrogens is 3. The zero-order valence-electron chi connectivity index (χ0n) is 9.64. The molecule has 0 fully saturated rings. The Hall–Kier alpha value is -1.84. The molecule has 0 spiro atoms. The van der Waals surface area contributed by atoms with Crippen molar-refractivity contribution in [2.75, 3.05) is 5.73 Å². The molecule has 4 nitrogen and oxygen atoms in total. The highest BCUT2D eigenvalue weighted by atomic mass is 15.3. The van der Waals surface area contributed by atoms with E-state index in [0.717, 1.165) is 35.5 Å². The highest BCUT2D eigenvalue weighted by Gasteiger charge is 2.14. The van der Waals surface area contributed by atoms with Crippen molar-refractivity contribution >= 4 is 5.82 Å². The van der Waals surface area contributed by atoms with E-state index >= 15 is 0 Å². The van der Waals surface area contributed by atoms with Crippen LogP contribution in [-0.2, 0) is 13.5 Å². The Balaban J connectivity index is 2.54. The first-order chi connectivity index (χ1) is 7.74. The fraction of sp³-hybridized carbons (Fsp3) is 0.333. The summed E-state index contributed by atoms with van der Waals surface area (Å²) in [5.41, 5.74) is 9.24. The number of pyridine rings is 1. The van der Waals surface area contributed by atoms with Crippen LogP contribution in [0.3, 0.4) is 0 Å². The van der Waals surface area contributed by atoms with Gasteiger partial charge in [0.1, 0.15) is 5.82 Å². The third kappa shape index (κ3) is 1.78. The Kier molecular flexibility index (Phi) is 2.90. The Bertz CT molecular complexity index is 473. The molecule has 0 amide bonds. The summed E-state index contributed by atoms with van der Waals surface area (Å²) in [6, 6.07) is 3.93. The third-order valence-corrected chi connectivity index (χ3v) is 2.62. The maximum Gasteiger partial charge on any atom is 0.129 e. The van der Waals surface area contributed by atoms with Gasteiger partial charge in [-0.15, -0.1) is 0 Å². The molecule has 0 bridgehead atoms. The fourth-order valence-corrected chi connectivity index (χ4v) is 1.84. The fourth-order valence-electron chi connectivity index (χ4n) is 1.84. The van der Waals surface area contributed by atoms with Gasteiger partial charge in [0.05, 0.1) is 5.69 Å². The Morgan fingerprint density at radius 1 is 1.31 bits per heavy atom. The highest BCUT2D eigenvalue weighted by molar-refractivity contribution is 5.76. The average Bonchev–Trinajstić information content (AvgIpc) is 2.57. The normalized spacial score (nSPS) is 10.6. The number of nitrogens with two attached hydrogens (primary N) is 1. The molecule has 0 unspecified atom stereocenters. The molecule has 0 aliphatic carbocycles. The van der Waals surface area contributed by atoms with E-state index in [1.807, 2.05) is 19.2 Å². The summed E-state index contributed by atoms with van der Waals surface area (Å²) in [4.78, 5) is 4.01. The van der Waals surface area contributed by atoms with Gasteiger partial charge in [-0.2, -0.15) is 5.10 Å². The van der Waals surface area contributed by atoms with Crippen molar-refractivity contribution in [3.05, 3.63) is 30.2 Å². The SMILES string of the molecule is CCCc1nn(C)c(N)c1-c1ccncc1. The van der Waals surface area contributed by atoms with Crippen LogP contribution >= 0.6 is 0 Å². The minimum Gasteiger partial charge on any atom is -0.383 e. The lowest BCUT2D eigenvalue weighted by molar-refractivity contribution is 0.741. The average molecular weight is 216 g/mol. The number of hydrogen-bond donors (Lipinski definition) is 1. The molecule has 16 heavy (non-hydrogen) atoms. The van der Waals surface area contributed by atoms with E-state index in [0.29, 0.717) is 0 Å². The van der Waals surface area contributed by atoms with Gasteiger partial charge < -0.3 is 5.73 Å². The lowest BCUT2D eigenvalue weighted by Crippen LogP contribution is -1.98. The van der Waals surface area contributed by atoms with Crippen LogP contribution in [0.25, 0.3) is 11.1 Å². The van der Waals surface area contributed by atoms with Crippen LogP contribution in [0.2, 0.25) is 0 Å². The maximum absolute atomic E-state index is 6.05. The molecule has 0 aliphatic heterocycles. The molecule has 0 saturated carbocycles. The van der Waals surface area contributed by atoms with E-state index < -0.39 is 0 Å². The van der Waals surface area contributed by atoms with Crippen LogP contribution in [0.4, 0.5) is 5.82 Å². The van der Waals surface area contributed by atoms with Crippen LogP contribution in [0.1, 0.15) is 19.0 Å². The number of aryl methyl sites for hydroxylation is 2. The molecule has 2 aromatic heterocycles. The molecule has 2 aromatic rings. The molecule has 4 heteroatoms.